The van der Waals surface area contributed by atoms with Crippen LogP contribution in [0.4, 0.5) is 5.82 Å². The second-order valence-corrected chi connectivity index (χ2v) is 7.97. The van der Waals surface area contributed by atoms with Crippen molar-refractivity contribution in [3.8, 4) is 0 Å². The van der Waals surface area contributed by atoms with Gasteiger partial charge in [0, 0.05) is 38.9 Å². The Bertz CT molecular complexity index is 837. The highest BCUT2D eigenvalue weighted by Gasteiger charge is 2.25. The molecule has 4 heterocycles. The van der Waals surface area contributed by atoms with Crippen LogP contribution in [0.25, 0.3) is 0 Å². The van der Waals surface area contributed by atoms with Gasteiger partial charge in [0.1, 0.15) is 5.82 Å². The number of carbonyl (C=O) groups is 1. The van der Waals surface area contributed by atoms with Gasteiger partial charge in [-0.3, -0.25) is 14.5 Å². The maximum absolute atomic E-state index is 12.8. The minimum absolute atomic E-state index is 0.0408. The van der Waals surface area contributed by atoms with Crippen LogP contribution in [0.5, 0.6) is 0 Å². The minimum atomic E-state index is -0.0408. The topological polar surface area (TPSA) is 83.3 Å². The number of likely N-dealkylation sites (tertiary alicyclic amines) is 1. The number of aryl methyl sites for hydroxylation is 2. The summed E-state index contributed by atoms with van der Waals surface area (Å²) in [6.45, 7) is 10.8. The van der Waals surface area contributed by atoms with Crippen LogP contribution in [0.1, 0.15) is 41.1 Å². The highest BCUT2D eigenvalue weighted by atomic mass is 16.2. The summed E-state index contributed by atoms with van der Waals surface area (Å²) < 4.78 is 1.80. The zero-order valence-corrected chi connectivity index (χ0v) is 17.4. The molecule has 0 aromatic carbocycles. The van der Waals surface area contributed by atoms with Gasteiger partial charge in [0.2, 0.25) is 0 Å². The van der Waals surface area contributed by atoms with Crippen LogP contribution >= 0.6 is 0 Å². The number of aromatic nitrogens is 5. The number of carbonyl (C=O) groups excluding carboxylic acids is 1. The normalized spacial score (nSPS) is 18.3. The Labute approximate surface area is 171 Å². The molecule has 0 N–H and O–H groups in total. The van der Waals surface area contributed by atoms with Gasteiger partial charge in [-0.15, -0.1) is 5.10 Å². The van der Waals surface area contributed by atoms with Crippen molar-refractivity contribution >= 4 is 11.7 Å². The lowest BCUT2D eigenvalue weighted by atomic mass is 10.1. The number of amides is 1. The van der Waals surface area contributed by atoms with E-state index in [0.29, 0.717) is 18.8 Å². The fraction of sp³-hybridized carbons (Fsp3) is 0.650. The SMILES string of the molecule is Cc1cnc(C)c(N2CCN(C(=O)c3cn(CCN4CCCCC4)nn3)CC2)n1. The van der Waals surface area contributed by atoms with E-state index in [2.05, 4.69) is 30.1 Å². The van der Waals surface area contributed by atoms with E-state index in [0.717, 1.165) is 56.5 Å². The smallest absolute Gasteiger partial charge is 0.276 e. The maximum Gasteiger partial charge on any atom is 0.276 e. The standard InChI is InChI=1S/C20H30N8O/c1-16-14-21-17(2)19(22-16)26-9-11-27(12-10-26)20(29)18-15-28(24-23-18)13-8-25-6-4-3-5-7-25/h14-15H,3-13H2,1-2H3. The van der Waals surface area contributed by atoms with Gasteiger partial charge < -0.3 is 14.7 Å². The molecule has 4 rings (SSSR count). The molecule has 9 heteroatoms. The molecule has 1 amide bonds. The zero-order chi connectivity index (χ0) is 20.2. The van der Waals surface area contributed by atoms with Crippen molar-refractivity contribution in [1.29, 1.82) is 0 Å². The van der Waals surface area contributed by atoms with Crippen LogP contribution in [0, 0.1) is 13.8 Å². The lowest BCUT2D eigenvalue weighted by molar-refractivity contribution is 0.0740. The van der Waals surface area contributed by atoms with Crippen molar-refractivity contribution in [1.82, 2.24) is 34.8 Å². The van der Waals surface area contributed by atoms with Crippen molar-refractivity contribution in [3.63, 3.8) is 0 Å². The molecule has 2 aromatic rings. The fourth-order valence-electron chi connectivity index (χ4n) is 4.04. The molecule has 9 nitrogen and oxygen atoms in total. The third kappa shape index (κ3) is 4.72. The van der Waals surface area contributed by atoms with E-state index in [-0.39, 0.29) is 5.91 Å². The largest absolute Gasteiger partial charge is 0.352 e. The third-order valence-electron chi connectivity index (χ3n) is 5.77. The Morgan fingerprint density at radius 3 is 2.52 bits per heavy atom. The van der Waals surface area contributed by atoms with Gasteiger partial charge in [0.15, 0.2) is 5.69 Å². The first-order chi connectivity index (χ1) is 14.1. The zero-order valence-electron chi connectivity index (χ0n) is 17.4. The van der Waals surface area contributed by atoms with E-state index in [9.17, 15) is 4.79 Å². The molecule has 2 aliphatic heterocycles. The van der Waals surface area contributed by atoms with Crippen LogP contribution < -0.4 is 4.90 Å². The van der Waals surface area contributed by atoms with Crippen LogP contribution in [0.2, 0.25) is 0 Å². The van der Waals surface area contributed by atoms with Crippen molar-refractivity contribution in [2.45, 2.75) is 39.7 Å². The average molecular weight is 399 g/mol. The van der Waals surface area contributed by atoms with E-state index in [1.807, 2.05) is 18.7 Å². The van der Waals surface area contributed by atoms with E-state index in [1.165, 1.54) is 19.3 Å². The molecule has 0 radical (unpaired) electrons. The molecular weight excluding hydrogens is 368 g/mol. The Morgan fingerprint density at radius 2 is 1.76 bits per heavy atom. The predicted octanol–water partition coefficient (Wildman–Crippen LogP) is 1.13. The lowest BCUT2D eigenvalue weighted by Crippen LogP contribution is -2.49. The van der Waals surface area contributed by atoms with Gasteiger partial charge >= 0.3 is 0 Å². The first kappa shape index (κ1) is 19.8. The summed E-state index contributed by atoms with van der Waals surface area (Å²) in [4.78, 5) is 28.4. The quantitative estimate of drug-likeness (QED) is 0.747. The summed E-state index contributed by atoms with van der Waals surface area (Å²) in [6.07, 6.45) is 7.46. The van der Waals surface area contributed by atoms with Crippen LogP contribution in [0.3, 0.4) is 0 Å². The van der Waals surface area contributed by atoms with Gasteiger partial charge in [0.05, 0.1) is 24.1 Å². The molecule has 0 aliphatic carbocycles. The van der Waals surface area contributed by atoms with Gasteiger partial charge in [0.25, 0.3) is 5.91 Å². The molecule has 2 aliphatic rings. The first-order valence-corrected chi connectivity index (χ1v) is 10.6. The number of nitrogens with zero attached hydrogens (tertiary/aromatic N) is 8. The van der Waals surface area contributed by atoms with Crippen molar-refractivity contribution in [2.75, 3.05) is 50.7 Å². The predicted molar refractivity (Wildman–Crippen MR) is 110 cm³/mol. The number of anilines is 1. The van der Waals surface area contributed by atoms with E-state index >= 15 is 0 Å². The number of piperidine rings is 1. The third-order valence-corrected chi connectivity index (χ3v) is 5.77. The lowest BCUT2D eigenvalue weighted by Gasteiger charge is -2.35. The number of piperazine rings is 1. The maximum atomic E-state index is 12.8. The van der Waals surface area contributed by atoms with Crippen molar-refractivity contribution < 1.29 is 4.79 Å². The molecule has 0 saturated carbocycles. The highest BCUT2D eigenvalue weighted by molar-refractivity contribution is 5.92. The van der Waals surface area contributed by atoms with Crippen LogP contribution in [-0.2, 0) is 6.54 Å². The second kappa shape index (κ2) is 8.86. The summed E-state index contributed by atoms with van der Waals surface area (Å²) in [7, 11) is 0. The van der Waals surface area contributed by atoms with E-state index in [4.69, 9.17) is 0 Å². The molecule has 0 bridgehead atoms. The van der Waals surface area contributed by atoms with Crippen molar-refractivity contribution in [2.24, 2.45) is 0 Å². The fourth-order valence-corrected chi connectivity index (χ4v) is 4.04. The molecular formula is C20H30N8O. The van der Waals surface area contributed by atoms with Gasteiger partial charge in [-0.1, -0.05) is 11.6 Å². The number of hydrogen-bond acceptors (Lipinski definition) is 7. The molecule has 2 saturated heterocycles. The van der Waals surface area contributed by atoms with E-state index in [1.54, 1.807) is 17.1 Å². The van der Waals surface area contributed by atoms with Gasteiger partial charge in [-0.25, -0.2) is 4.98 Å². The molecule has 2 fully saturated rings. The molecule has 29 heavy (non-hydrogen) atoms. The van der Waals surface area contributed by atoms with Gasteiger partial charge in [-0.05, 0) is 39.8 Å². The average Bonchev–Trinajstić information content (AvgIpc) is 3.23. The molecule has 2 aromatic heterocycles. The summed E-state index contributed by atoms with van der Waals surface area (Å²) in [5.41, 5.74) is 2.26. The Morgan fingerprint density at radius 1 is 1.00 bits per heavy atom. The molecule has 0 spiro atoms. The summed E-state index contributed by atoms with van der Waals surface area (Å²) in [5, 5.41) is 8.29. The Balaban J connectivity index is 1.30. The van der Waals surface area contributed by atoms with Crippen LogP contribution in [-0.4, -0.2) is 86.5 Å². The number of rotatable bonds is 5. The minimum Gasteiger partial charge on any atom is -0.352 e. The van der Waals surface area contributed by atoms with E-state index < -0.39 is 0 Å². The summed E-state index contributed by atoms with van der Waals surface area (Å²) >= 11 is 0. The molecule has 156 valence electrons. The van der Waals surface area contributed by atoms with Crippen LogP contribution in [0.15, 0.2) is 12.4 Å². The Kier molecular flexibility index (Phi) is 6.03. The summed E-state index contributed by atoms with van der Waals surface area (Å²) in [6, 6.07) is 0. The molecule has 0 unspecified atom stereocenters. The highest BCUT2D eigenvalue weighted by Crippen LogP contribution is 2.18. The number of hydrogen-bond donors (Lipinski definition) is 0. The van der Waals surface area contributed by atoms with Crippen molar-refractivity contribution in [3.05, 3.63) is 29.5 Å². The summed E-state index contributed by atoms with van der Waals surface area (Å²) in [5.74, 6) is 0.877. The first-order valence-electron chi connectivity index (χ1n) is 10.6. The molecule has 0 atom stereocenters. The van der Waals surface area contributed by atoms with Gasteiger partial charge in [-0.2, -0.15) is 0 Å². The second-order valence-electron chi connectivity index (χ2n) is 7.97. The monoisotopic (exact) mass is 398 g/mol. The Hall–Kier alpha value is -2.55.